The molecule has 0 N–H and O–H groups in total. The Bertz CT molecular complexity index is 1270. The first kappa shape index (κ1) is 19.8. The highest BCUT2D eigenvalue weighted by Crippen LogP contribution is 2.22. The van der Waals surface area contributed by atoms with Gasteiger partial charge >= 0.3 is 0 Å². The summed E-state index contributed by atoms with van der Waals surface area (Å²) in [5.74, 6) is -3.53. The highest BCUT2D eigenvalue weighted by molar-refractivity contribution is 6.16. The first-order chi connectivity index (χ1) is 14.4. The van der Waals surface area contributed by atoms with Gasteiger partial charge in [-0.05, 0) is 29.8 Å². The van der Waals surface area contributed by atoms with Crippen molar-refractivity contribution in [2.75, 3.05) is 0 Å². The third-order valence-corrected chi connectivity index (χ3v) is 4.47. The van der Waals surface area contributed by atoms with Gasteiger partial charge in [-0.3, -0.25) is 4.79 Å². The quantitative estimate of drug-likeness (QED) is 0.349. The number of benzene rings is 2. The Morgan fingerprint density at radius 2 is 1.77 bits per heavy atom. The maximum Gasteiger partial charge on any atom is 0.267 e. The van der Waals surface area contributed by atoms with E-state index in [9.17, 15) is 18.0 Å². The van der Waals surface area contributed by atoms with Crippen molar-refractivity contribution >= 4 is 11.6 Å². The smallest absolute Gasteiger partial charge is 0.267 e. The lowest BCUT2D eigenvalue weighted by Crippen LogP contribution is -2.22. The summed E-state index contributed by atoms with van der Waals surface area (Å²) in [7, 11) is 0. The lowest BCUT2D eigenvalue weighted by Gasteiger charge is -2.09. The average molecular weight is 433 g/mol. The van der Waals surface area contributed by atoms with Crippen molar-refractivity contribution < 1.29 is 17.7 Å². The summed E-state index contributed by atoms with van der Waals surface area (Å²) in [6.45, 7) is 0.0763. The molecule has 0 aliphatic carbocycles. The number of hydrogen-bond acceptors (Lipinski definition) is 5. The van der Waals surface area contributed by atoms with Crippen molar-refractivity contribution in [3.63, 3.8) is 0 Å². The molecule has 0 spiro atoms. The molecular weight excluding hydrogens is 421 g/mol. The van der Waals surface area contributed by atoms with Gasteiger partial charge < -0.3 is 4.52 Å². The van der Waals surface area contributed by atoms with Gasteiger partial charge in [-0.15, -0.1) is 11.6 Å². The summed E-state index contributed by atoms with van der Waals surface area (Å²) in [6.07, 6.45) is 0. The molecule has 4 aromatic rings. The Morgan fingerprint density at radius 3 is 2.47 bits per heavy atom. The monoisotopic (exact) mass is 432 g/mol. The summed E-state index contributed by atoms with van der Waals surface area (Å²) < 4.78 is 46.4. The van der Waals surface area contributed by atoms with Gasteiger partial charge in [0.2, 0.25) is 11.7 Å². The van der Waals surface area contributed by atoms with E-state index in [1.807, 2.05) is 0 Å². The van der Waals surface area contributed by atoms with Crippen molar-refractivity contribution in [2.45, 2.75) is 12.4 Å². The van der Waals surface area contributed by atoms with Crippen LogP contribution in [0.5, 0.6) is 0 Å². The van der Waals surface area contributed by atoms with Crippen LogP contribution in [0.2, 0.25) is 0 Å². The van der Waals surface area contributed by atoms with E-state index in [2.05, 4.69) is 15.2 Å². The van der Waals surface area contributed by atoms with Crippen molar-refractivity contribution in [2.24, 2.45) is 0 Å². The van der Waals surface area contributed by atoms with Crippen LogP contribution in [0.4, 0.5) is 13.2 Å². The maximum absolute atomic E-state index is 13.5. The first-order valence-corrected chi connectivity index (χ1v) is 9.19. The molecule has 0 aliphatic rings. The van der Waals surface area contributed by atoms with Crippen molar-refractivity contribution in [1.29, 1.82) is 0 Å². The highest BCUT2D eigenvalue weighted by atomic mass is 35.5. The average Bonchev–Trinajstić information content (AvgIpc) is 3.23. The molecule has 0 amide bonds. The van der Waals surface area contributed by atoms with E-state index >= 15 is 0 Å². The minimum atomic E-state index is -1.57. The Morgan fingerprint density at radius 1 is 1.00 bits per heavy atom. The highest BCUT2D eigenvalue weighted by Gasteiger charge is 2.14. The molecule has 6 nitrogen and oxygen atoms in total. The maximum atomic E-state index is 13.5. The molecule has 0 fully saturated rings. The van der Waals surface area contributed by atoms with Crippen LogP contribution >= 0.6 is 11.6 Å². The van der Waals surface area contributed by atoms with Gasteiger partial charge in [-0.2, -0.15) is 10.1 Å². The Labute approximate surface area is 172 Å². The summed E-state index contributed by atoms with van der Waals surface area (Å²) >= 11 is 5.67. The van der Waals surface area contributed by atoms with Crippen LogP contribution in [0.3, 0.4) is 0 Å². The third-order valence-electron chi connectivity index (χ3n) is 4.25. The van der Waals surface area contributed by atoms with E-state index in [4.69, 9.17) is 16.1 Å². The SMILES string of the molecule is O=c1ccc(-c2cc(F)c(F)c(F)c2)nn1Cc1cccc(-c2noc(CCl)n2)c1. The van der Waals surface area contributed by atoms with Gasteiger partial charge in [-0.1, -0.05) is 23.4 Å². The van der Waals surface area contributed by atoms with E-state index in [1.165, 1.54) is 12.1 Å². The first-order valence-electron chi connectivity index (χ1n) is 8.65. The lowest BCUT2D eigenvalue weighted by molar-refractivity contribution is 0.391. The fourth-order valence-corrected chi connectivity index (χ4v) is 2.94. The van der Waals surface area contributed by atoms with Crippen LogP contribution in [0.25, 0.3) is 22.6 Å². The number of rotatable bonds is 5. The second kappa shape index (κ2) is 8.11. The van der Waals surface area contributed by atoms with E-state index in [-0.39, 0.29) is 29.6 Å². The molecule has 2 aromatic carbocycles. The van der Waals surface area contributed by atoms with Gasteiger partial charge in [0.15, 0.2) is 17.5 Å². The predicted molar refractivity (Wildman–Crippen MR) is 102 cm³/mol. The zero-order chi connectivity index (χ0) is 21.3. The summed E-state index contributed by atoms with van der Waals surface area (Å²) in [4.78, 5) is 16.4. The molecule has 30 heavy (non-hydrogen) atoms. The number of nitrogens with zero attached hydrogens (tertiary/aromatic N) is 4. The van der Waals surface area contributed by atoms with E-state index in [0.717, 1.165) is 16.8 Å². The van der Waals surface area contributed by atoms with Crippen LogP contribution in [0.1, 0.15) is 11.5 Å². The third kappa shape index (κ3) is 3.97. The summed E-state index contributed by atoms with van der Waals surface area (Å²) in [5, 5.41) is 7.99. The van der Waals surface area contributed by atoms with Crippen LogP contribution in [-0.4, -0.2) is 19.9 Å². The fraction of sp³-hybridized carbons (Fsp3) is 0.100. The molecular formula is C20H12ClF3N4O2. The molecule has 0 atom stereocenters. The second-order valence-electron chi connectivity index (χ2n) is 6.31. The Kier molecular flexibility index (Phi) is 5.37. The predicted octanol–water partition coefficient (Wildman–Crippen LogP) is 4.16. The molecule has 2 heterocycles. The minimum Gasteiger partial charge on any atom is -0.338 e. The Hall–Kier alpha value is -3.46. The number of halogens is 4. The van der Waals surface area contributed by atoms with Crippen LogP contribution in [-0.2, 0) is 12.4 Å². The van der Waals surface area contributed by atoms with E-state index in [1.54, 1.807) is 24.3 Å². The van der Waals surface area contributed by atoms with Crippen molar-refractivity contribution in [1.82, 2.24) is 19.9 Å². The minimum absolute atomic E-state index is 0.00861. The normalized spacial score (nSPS) is 11.1. The zero-order valence-electron chi connectivity index (χ0n) is 15.2. The Balaban J connectivity index is 1.66. The molecule has 0 unspecified atom stereocenters. The molecule has 0 saturated carbocycles. The van der Waals surface area contributed by atoms with Gasteiger partial charge in [0, 0.05) is 17.2 Å². The molecule has 0 radical (unpaired) electrons. The van der Waals surface area contributed by atoms with Crippen LogP contribution < -0.4 is 5.56 Å². The lowest BCUT2D eigenvalue weighted by atomic mass is 10.1. The number of alkyl halides is 1. The van der Waals surface area contributed by atoms with Gasteiger partial charge in [0.1, 0.15) is 5.88 Å². The van der Waals surface area contributed by atoms with Gasteiger partial charge in [0.25, 0.3) is 5.56 Å². The zero-order valence-corrected chi connectivity index (χ0v) is 15.9. The molecule has 10 heteroatoms. The fourth-order valence-electron chi connectivity index (χ4n) is 2.83. The summed E-state index contributed by atoms with van der Waals surface area (Å²) in [6, 6.07) is 11.2. The van der Waals surface area contributed by atoms with Crippen molar-refractivity contribution in [3.05, 3.63) is 87.8 Å². The van der Waals surface area contributed by atoms with E-state index in [0.29, 0.717) is 17.0 Å². The van der Waals surface area contributed by atoms with Gasteiger partial charge in [-0.25, -0.2) is 17.9 Å². The van der Waals surface area contributed by atoms with Crippen LogP contribution in [0, 0.1) is 17.5 Å². The molecule has 4 rings (SSSR count). The number of aromatic nitrogens is 4. The molecule has 2 aromatic heterocycles. The van der Waals surface area contributed by atoms with Crippen LogP contribution in [0.15, 0.2) is 57.8 Å². The topological polar surface area (TPSA) is 73.8 Å². The molecule has 0 aliphatic heterocycles. The largest absolute Gasteiger partial charge is 0.338 e. The number of hydrogen-bond donors (Lipinski definition) is 0. The molecule has 152 valence electrons. The summed E-state index contributed by atoms with van der Waals surface area (Å²) in [5.41, 5.74) is 1.06. The molecule has 0 saturated heterocycles. The standard InChI is InChI=1S/C20H12ClF3N4O2/c21-9-17-25-20(27-30-17)12-3-1-2-11(6-12)10-28-18(29)5-4-16(26-28)13-7-14(22)19(24)15(23)8-13/h1-8H,9-10H2. The molecule has 0 bridgehead atoms. The van der Waals surface area contributed by atoms with E-state index < -0.39 is 23.0 Å². The second-order valence-corrected chi connectivity index (χ2v) is 6.58. The van der Waals surface area contributed by atoms with Crippen molar-refractivity contribution in [3.8, 4) is 22.6 Å². The van der Waals surface area contributed by atoms with Gasteiger partial charge in [0.05, 0.1) is 12.2 Å².